The standard InChI is InChI=1S/C27H22Cl2N4O4S/c1-31-26(36)33(21-9-19(28)8-20(29)10-21)25(35)27(31)15-32(12-22-7-18(14-38-22)24(34)37-2)13-23(27)17-5-3-16(11-30)4-6-17/h3-10,14,23H,12-13,15H2,1-2H3/t23-,27-/m1/s1. The number of thiophene rings is 1. The number of likely N-dealkylation sites (N-methyl/N-ethyl adjacent to an activating group) is 1. The number of esters is 1. The number of anilines is 1. The quantitative estimate of drug-likeness (QED) is 0.312. The number of benzene rings is 2. The molecule has 11 heteroatoms. The Morgan fingerprint density at radius 3 is 2.47 bits per heavy atom. The Bertz CT molecular complexity index is 1460. The van der Waals surface area contributed by atoms with Crippen LogP contribution in [0.2, 0.25) is 10.0 Å². The Labute approximate surface area is 233 Å². The summed E-state index contributed by atoms with van der Waals surface area (Å²) in [4.78, 5) is 45.4. The molecule has 3 heterocycles. The Morgan fingerprint density at radius 2 is 1.84 bits per heavy atom. The van der Waals surface area contributed by atoms with Crippen LogP contribution in [0.1, 0.15) is 32.3 Å². The summed E-state index contributed by atoms with van der Waals surface area (Å²) in [6.07, 6.45) is 0. The largest absolute Gasteiger partial charge is 0.465 e. The lowest BCUT2D eigenvalue weighted by atomic mass is 9.80. The molecule has 194 valence electrons. The third kappa shape index (κ3) is 4.33. The van der Waals surface area contributed by atoms with Crippen molar-refractivity contribution in [2.75, 3.05) is 32.1 Å². The van der Waals surface area contributed by atoms with Crippen molar-refractivity contribution in [3.05, 3.63) is 85.5 Å². The molecule has 38 heavy (non-hydrogen) atoms. The van der Waals surface area contributed by atoms with Crippen molar-refractivity contribution in [2.24, 2.45) is 0 Å². The molecule has 3 amide bonds. The summed E-state index contributed by atoms with van der Waals surface area (Å²) in [6.45, 7) is 1.23. The van der Waals surface area contributed by atoms with Crippen LogP contribution in [0.25, 0.3) is 0 Å². The van der Waals surface area contributed by atoms with Crippen LogP contribution >= 0.6 is 34.5 Å². The molecule has 2 aromatic carbocycles. The van der Waals surface area contributed by atoms with Crippen molar-refractivity contribution in [1.29, 1.82) is 5.26 Å². The zero-order valence-corrected chi connectivity index (χ0v) is 22.8. The Balaban J connectivity index is 1.55. The number of amides is 3. The zero-order chi connectivity index (χ0) is 27.2. The van der Waals surface area contributed by atoms with Gasteiger partial charge in [0.1, 0.15) is 5.54 Å². The van der Waals surface area contributed by atoms with Gasteiger partial charge >= 0.3 is 12.0 Å². The summed E-state index contributed by atoms with van der Waals surface area (Å²) in [5.41, 5.74) is 0.913. The first-order valence-electron chi connectivity index (χ1n) is 11.6. The summed E-state index contributed by atoms with van der Waals surface area (Å²) in [5.74, 6) is -1.16. The highest BCUT2D eigenvalue weighted by Gasteiger charge is 2.64. The van der Waals surface area contributed by atoms with Crippen LogP contribution in [-0.4, -0.2) is 60.5 Å². The summed E-state index contributed by atoms with van der Waals surface area (Å²) in [7, 11) is 2.97. The minimum absolute atomic E-state index is 0.273. The SMILES string of the molecule is COC(=O)c1csc(CN2C[C@H](c3ccc(C#N)cc3)[C@]3(C2)C(=O)N(c2cc(Cl)cc(Cl)c2)C(=O)N3C)c1. The van der Waals surface area contributed by atoms with Crippen molar-refractivity contribution in [2.45, 2.75) is 18.0 Å². The van der Waals surface area contributed by atoms with Crippen molar-refractivity contribution in [1.82, 2.24) is 9.80 Å². The molecule has 0 bridgehead atoms. The molecular weight excluding hydrogens is 547 g/mol. The third-order valence-corrected chi connectivity index (χ3v) is 8.49. The van der Waals surface area contributed by atoms with E-state index in [0.717, 1.165) is 15.3 Å². The summed E-state index contributed by atoms with van der Waals surface area (Å²) in [5, 5.41) is 11.6. The predicted octanol–water partition coefficient (Wildman–Crippen LogP) is 5.15. The number of carbonyl (C=O) groups is 3. The van der Waals surface area contributed by atoms with E-state index < -0.39 is 17.5 Å². The van der Waals surface area contributed by atoms with Crippen LogP contribution < -0.4 is 4.90 Å². The lowest BCUT2D eigenvalue weighted by Gasteiger charge is -2.34. The number of rotatable bonds is 5. The number of hydrogen-bond acceptors (Lipinski definition) is 7. The van der Waals surface area contributed by atoms with E-state index in [4.69, 9.17) is 27.9 Å². The smallest absolute Gasteiger partial charge is 0.338 e. The molecule has 2 saturated heterocycles. The zero-order valence-electron chi connectivity index (χ0n) is 20.5. The lowest BCUT2D eigenvalue weighted by Crippen LogP contribution is -2.53. The molecule has 0 N–H and O–H groups in total. The molecule has 2 aliphatic rings. The molecule has 1 spiro atoms. The topological polar surface area (TPSA) is 94.0 Å². The first-order chi connectivity index (χ1) is 18.2. The van der Waals surface area contributed by atoms with Crippen LogP contribution in [0.15, 0.2) is 53.9 Å². The van der Waals surface area contributed by atoms with Crippen molar-refractivity contribution >= 4 is 58.1 Å². The average Bonchev–Trinajstić information content (AvgIpc) is 3.57. The molecule has 0 aliphatic carbocycles. The van der Waals surface area contributed by atoms with Gasteiger partial charge in [-0.15, -0.1) is 11.3 Å². The highest BCUT2D eigenvalue weighted by Crippen LogP contribution is 2.47. The van der Waals surface area contributed by atoms with Crippen LogP contribution in [0.4, 0.5) is 10.5 Å². The van der Waals surface area contributed by atoms with Crippen molar-refractivity contribution in [3.63, 3.8) is 0 Å². The van der Waals surface area contributed by atoms with Gasteiger partial charge in [0.15, 0.2) is 0 Å². The molecule has 1 aromatic heterocycles. The highest BCUT2D eigenvalue weighted by molar-refractivity contribution is 7.10. The molecule has 2 atom stereocenters. The molecular formula is C27H22Cl2N4O4S. The number of halogens is 2. The number of urea groups is 1. The van der Waals surface area contributed by atoms with Gasteiger partial charge in [-0.05, 0) is 42.0 Å². The minimum atomic E-state index is -1.21. The monoisotopic (exact) mass is 568 g/mol. The summed E-state index contributed by atoms with van der Waals surface area (Å²) >= 11 is 13.8. The molecule has 0 saturated carbocycles. The number of likely N-dealkylation sites (tertiary alicyclic amines) is 1. The maximum absolute atomic E-state index is 14.3. The van der Waals surface area contributed by atoms with Crippen molar-refractivity contribution < 1.29 is 19.1 Å². The number of nitrogens with zero attached hydrogens (tertiary/aromatic N) is 4. The van der Waals surface area contributed by atoms with Gasteiger partial charge in [-0.3, -0.25) is 9.69 Å². The average molecular weight is 569 g/mol. The first kappa shape index (κ1) is 26.2. The maximum atomic E-state index is 14.3. The molecule has 2 aliphatic heterocycles. The summed E-state index contributed by atoms with van der Waals surface area (Å²) in [6, 6.07) is 15.1. The van der Waals surface area contributed by atoms with E-state index in [1.54, 1.807) is 42.8 Å². The van der Waals surface area contributed by atoms with E-state index in [0.29, 0.717) is 39.9 Å². The second kappa shape index (κ2) is 10.0. The summed E-state index contributed by atoms with van der Waals surface area (Å²) < 4.78 is 4.82. The van der Waals surface area contributed by atoms with E-state index in [9.17, 15) is 19.6 Å². The second-order valence-corrected chi connectivity index (χ2v) is 11.2. The third-order valence-electron chi connectivity index (χ3n) is 7.13. The number of ether oxygens (including phenoxy) is 1. The molecule has 2 fully saturated rings. The van der Waals surface area contributed by atoms with Gasteiger partial charge in [-0.1, -0.05) is 35.3 Å². The number of nitriles is 1. The Kier molecular flexibility index (Phi) is 6.92. The first-order valence-corrected chi connectivity index (χ1v) is 13.3. The number of hydrogen-bond donors (Lipinski definition) is 0. The van der Waals surface area contributed by atoms with E-state index in [1.807, 2.05) is 12.1 Å². The molecule has 0 radical (unpaired) electrons. The lowest BCUT2D eigenvalue weighted by molar-refractivity contribution is -0.124. The second-order valence-electron chi connectivity index (χ2n) is 9.28. The predicted molar refractivity (Wildman–Crippen MR) is 145 cm³/mol. The Morgan fingerprint density at radius 1 is 1.16 bits per heavy atom. The molecule has 5 rings (SSSR count). The van der Waals surface area contributed by atoms with Gasteiger partial charge in [0.25, 0.3) is 5.91 Å². The van der Waals surface area contributed by atoms with Crippen LogP contribution in [0.3, 0.4) is 0 Å². The number of carbonyl (C=O) groups excluding carboxylic acids is 3. The van der Waals surface area contributed by atoms with Crippen LogP contribution in [0.5, 0.6) is 0 Å². The van der Waals surface area contributed by atoms with Gasteiger partial charge in [0.2, 0.25) is 0 Å². The van der Waals surface area contributed by atoms with Gasteiger partial charge in [-0.2, -0.15) is 5.26 Å². The maximum Gasteiger partial charge on any atom is 0.338 e. The number of imide groups is 1. The fraction of sp³-hybridized carbons (Fsp3) is 0.259. The van der Waals surface area contributed by atoms with Gasteiger partial charge in [-0.25, -0.2) is 14.5 Å². The molecule has 3 aromatic rings. The van der Waals surface area contributed by atoms with Crippen LogP contribution in [0, 0.1) is 11.3 Å². The minimum Gasteiger partial charge on any atom is -0.465 e. The van der Waals surface area contributed by atoms with Gasteiger partial charge < -0.3 is 9.64 Å². The van der Waals surface area contributed by atoms with Crippen molar-refractivity contribution in [3.8, 4) is 6.07 Å². The fourth-order valence-electron chi connectivity index (χ4n) is 5.32. The number of methoxy groups -OCH3 is 1. The Hall–Kier alpha value is -3.42. The van der Waals surface area contributed by atoms with E-state index in [1.165, 1.54) is 29.4 Å². The van der Waals surface area contributed by atoms with E-state index in [-0.39, 0.29) is 18.4 Å². The normalized spacial score (nSPS) is 21.4. The highest BCUT2D eigenvalue weighted by atomic mass is 35.5. The van der Waals surface area contributed by atoms with Gasteiger partial charge in [0, 0.05) is 52.9 Å². The van der Waals surface area contributed by atoms with E-state index >= 15 is 0 Å². The van der Waals surface area contributed by atoms with E-state index in [2.05, 4.69) is 11.0 Å². The molecule has 8 nitrogen and oxygen atoms in total. The van der Waals surface area contributed by atoms with Gasteiger partial charge in [0.05, 0.1) is 30.0 Å². The fourth-order valence-corrected chi connectivity index (χ4v) is 6.73. The van der Waals surface area contributed by atoms with Crippen LogP contribution in [-0.2, 0) is 16.1 Å². The molecule has 0 unspecified atom stereocenters.